The predicted molar refractivity (Wildman–Crippen MR) is 83.0 cm³/mol. The van der Waals surface area contributed by atoms with Crippen LogP contribution < -0.4 is 5.32 Å². The van der Waals surface area contributed by atoms with Gasteiger partial charge < -0.3 is 0 Å². The van der Waals surface area contributed by atoms with E-state index < -0.39 is 0 Å². The Labute approximate surface area is 129 Å². The third-order valence-electron chi connectivity index (χ3n) is 4.62. The monoisotopic (exact) mass is 306 g/mol. The first-order valence-electron chi connectivity index (χ1n) is 7.81. The third kappa shape index (κ3) is 3.04. The Hall–Kier alpha value is -1.20. The van der Waals surface area contributed by atoms with Crippen LogP contribution in [0.5, 0.6) is 0 Å². The van der Waals surface area contributed by atoms with Gasteiger partial charge in [0.2, 0.25) is 11.8 Å². The van der Waals surface area contributed by atoms with Gasteiger partial charge in [0.05, 0.1) is 12.5 Å². The van der Waals surface area contributed by atoms with Gasteiger partial charge in [-0.25, -0.2) is 0 Å². The molecular formula is C16H22N2O2S. The van der Waals surface area contributed by atoms with Crippen molar-refractivity contribution in [2.24, 2.45) is 0 Å². The summed E-state index contributed by atoms with van der Waals surface area (Å²) in [4.78, 5) is 26.3. The Morgan fingerprint density at radius 3 is 2.71 bits per heavy atom. The number of hydrogen-bond donors (Lipinski definition) is 1. The Bertz CT molecular complexity index is 508. The van der Waals surface area contributed by atoms with Crippen molar-refractivity contribution in [2.75, 3.05) is 0 Å². The van der Waals surface area contributed by atoms with E-state index >= 15 is 0 Å². The number of carbonyl (C=O) groups is 2. The molecule has 1 saturated heterocycles. The summed E-state index contributed by atoms with van der Waals surface area (Å²) in [6.07, 6.45) is 5.75. The number of amides is 2. The molecule has 0 aromatic carbocycles. The van der Waals surface area contributed by atoms with E-state index in [-0.39, 0.29) is 29.9 Å². The smallest absolute Gasteiger partial charge is 0.247 e. The van der Waals surface area contributed by atoms with E-state index in [4.69, 9.17) is 0 Å². The lowest BCUT2D eigenvalue weighted by Gasteiger charge is -2.30. The van der Waals surface area contributed by atoms with Crippen LogP contribution in [0.15, 0.2) is 16.8 Å². The van der Waals surface area contributed by atoms with Gasteiger partial charge in [0.1, 0.15) is 0 Å². The van der Waals surface area contributed by atoms with Crippen LogP contribution in [0.3, 0.4) is 0 Å². The van der Waals surface area contributed by atoms with Gasteiger partial charge in [-0.15, -0.1) is 0 Å². The molecule has 3 rings (SSSR count). The second-order valence-corrected chi connectivity index (χ2v) is 6.88. The standard InChI is InChI=1S/C16H22N2O2S/c1-11(12-7-8-21-10-12)17-14-9-15(19)18(16(14)20)13-5-3-2-4-6-13/h7-8,10-11,13-14,17H,2-6,9H2,1H3. The number of nitrogens with one attached hydrogen (secondary N) is 1. The fraction of sp³-hybridized carbons (Fsp3) is 0.625. The van der Waals surface area contributed by atoms with E-state index in [1.165, 1.54) is 12.0 Å². The minimum Gasteiger partial charge on any atom is -0.299 e. The van der Waals surface area contributed by atoms with Gasteiger partial charge in [0, 0.05) is 12.1 Å². The highest BCUT2D eigenvalue weighted by atomic mass is 32.1. The molecule has 2 heterocycles. The molecular weight excluding hydrogens is 284 g/mol. The van der Waals surface area contributed by atoms with Gasteiger partial charge in [-0.1, -0.05) is 19.3 Å². The zero-order valence-electron chi connectivity index (χ0n) is 12.4. The van der Waals surface area contributed by atoms with Crippen molar-refractivity contribution < 1.29 is 9.59 Å². The highest BCUT2D eigenvalue weighted by molar-refractivity contribution is 7.07. The molecule has 1 aliphatic carbocycles. The summed E-state index contributed by atoms with van der Waals surface area (Å²) < 4.78 is 0. The van der Waals surface area contributed by atoms with Crippen molar-refractivity contribution in [3.05, 3.63) is 22.4 Å². The Morgan fingerprint density at radius 2 is 2.05 bits per heavy atom. The van der Waals surface area contributed by atoms with Crippen LogP contribution in [0.25, 0.3) is 0 Å². The normalized spacial score (nSPS) is 25.6. The second kappa shape index (κ2) is 6.28. The zero-order valence-corrected chi connectivity index (χ0v) is 13.2. The average Bonchev–Trinajstić information content (AvgIpc) is 3.09. The van der Waals surface area contributed by atoms with Crippen LogP contribution in [0, 0.1) is 0 Å². The maximum absolute atomic E-state index is 12.6. The van der Waals surface area contributed by atoms with E-state index in [0.29, 0.717) is 6.42 Å². The molecule has 1 aliphatic heterocycles. The van der Waals surface area contributed by atoms with E-state index in [1.54, 1.807) is 16.2 Å². The maximum atomic E-state index is 12.6. The molecule has 2 amide bonds. The van der Waals surface area contributed by atoms with Crippen LogP contribution in [-0.4, -0.2) is 28.8 Å². The molecule has 2 unspecified atom stereocenters. The van der Waals surface area contributed by atoms with Crippen molar-refractivity contribution in [3.63, 3.8) is 0 Å². The number of rotatable bonds is 4. The zero-order chi connectivity index (χ0) is 14.8. The summed E-state index contributed by atoms with van der Waals surface area (Å²) in [6, 6.07) is 1.95. The lowest BCUT2D eigenvalue weighted by molar-refractivity contribution is -0.142. The summed E-state index contributed by atoms with van der Waals surface area (Å²) in [7, 11) is 0. The van der Waals surface area contributed by atoms with Gasteiger partial charge >= 0.3 is 0 Å². The minimum absolute atomic E-state index is 0.00178. The van der Waals surface area contributed by atoms with Gasteiger partial charge in [0.15, 0.2) is 0 Å². The van der Waals surface area contributed by atoms with Crippen molar-refractivity contribution in [1.82, 2.24) is 10.2 Å². The summed E-state index contributed by atoms with van der Waals surface area (Å²) in [6.45, 7) is 2.04. The van der Waals surface area contributed by atoms with Crippen molar-refractivity contribution in [1.29, 1.82) is 0 Å². The number of likely N-dealkylation sites (tertiary alicyclic amines) is 1. The second-order valence-electron chi connectivity index (χ2n) is 6.10. The summed E-state index contributed by atoms with van der Waals surface area (Å²) in [5.41, 5.74) is 1.18. The van der Waals surface area contributed by atoms with Crippen molar-refractivity contribution >= 4 is 23.2 Å². The number of thiophene rings is 1. The van der Waals surface area contributed by atoms with Crippen LogP contribution in [0.4, 0.5) is 0 Å². The van der Waals surface area contributed by atoms with E-state index in [1.807, 2.05) is 12.3 Å². The average molecular weight is 306 g/mol. The van der Waals surface area contributed by atoms with Gasteiger partial charge in [0.25, 0.3) is 0 Å². The fourth-order valence-electron chi connectivity index (χ4n) is 3.42. The first-order chi connectivity index (χ1) is 10.2. The molecule has 2 aliphatic rings. The molecule has 1 aromatic heterocycles. The Morgan fingerprint density at radius 1 is 1.29 bits per heavy atom. The molecule has 1 aromatic rings. The highest BCUT2D eigenvalue weighted by Crippen LogP contribution is 2.28. The number of nitrogens with zero attached hydrogens (tertiary/aromatic N) is 1. The summed E-state index contributed by atoms with van der Waals surface area (Å²) in [5.74, 6) is -0.0177. The first kappa shape index (κ1) is 14.7. The van der Waals surface area contributed by atoms with Gasteiger partial charge in [-0.3, -0.25) is 19.8 Å². The molecule has 0 bridgehead atoms. The molecule has 2 atom stereocenters. The molecule has 5 heteroatoms. The van der Waals surface area contributed by atoms with E-state index in [0.717, 1.165) is 25.7 Å². The van der Waals surface area contributed by atoms with Crippen LogP contribution in [0.2, 0.25) is 0 Å². The molecule has 114 valence electrons. The van der Waals surface area contributed by atoms with Crippen LogP contribution >= 0.6 is 11.3 Å². The number of carbonyl (C=O) groups excluding carboxylic acids is 2. The first-order valence-corrected chi connectivity index (χ1v) is 8.75. The molecule has 21 heavy (non-hydrogen) atoms. The minimum atomic E-state index is -0.352. The quantitative estimate of drug-likeness (QED) is 0.870. The van der Waals surface area contributed by atoms with Crippen LogP contribution in [-0.2, 0) is 9.59 Å². The molecule has 0 spiro atoms. The lowest BCUT2D eigenvalue weighted by Crippen LogP contribution is -2.45. The number of hydrogen-bond acceptors (Lipinski definition) is 4. The topological polar surface area (TPSA) is 49.4 Å². The molecule has 0 radical (unpaired) electrons. The fourth-order valence-corrected chi connectivity index (χ4v) is 4.18. The largest absolute Gasteiger partial charge is 0.299 e. The summed E-state index contributed by atoms with van der Waals surface area (Å²) >= 11 is 1.65. The van der Waals surface area contributed by atoms with E-state index in [9.17, 15) is 9.59 Å². The lowest BCUT2D eigenvalue weighted by atomic mass is 9.94. The highest BCUT2D eigenvalue weighted by Gasteiger charge is 2.42. The van der Waals surface area contributed by atoms with Crippen molar-refractivity contribution in [3.8, 4) is 0 Å². The molecule has 1 saturated carbocycles. The van der Waals surface area contributed by atoms with E-state index in [2.05, 4.69) is 16.8 Å². The third-order valence-corrected chi connectivity index (χ3v) is 5.32. The Kier molecular flexibility index (Phi) is 4.40. The van der Waals surface area contributed by atoms with Crippen LogP contribution in [0.1, 0.15) is 57.1 Å². The predicted octanol–water partition coefficient (Wildman–Crippen LogP) is 2.86. The molecule has 2 fully saturated rings. The van der Waals surface area contributed by atoms with Gasteiger partial charge in [-0.2, -0.15) is 11.3 Å². The van der Waals surface area contributed by atoms with Crippen molar-refractivity contribution in [2.45, 2.75) is 63.6 Å². The van der Waals surface area contributed by atoms with Gasteiger partial charge in [-0.05, 0) is 42.2 Å². The maximum Gasteiger partial charge on any atom is 0.247 e. The number of imide groups is 1. The Balaban J connectivity index is 1.65. The molecule has 1 N–H and O–H groups in total. The summed E-state index contributed by atoms with van der Waals surface area (Å²) in [5, 5.41) is 7.44. The molecule has 4 nitrogen and oxygen atoms in total. The SMILES string of the molecule is CC(NC1CC(=O)N(C2CCCCC2)C1=O)c1ccsc1.